The topological polar surface area (TPSA) is 114 Å². The van der Waals surface area contributed by atoms with Gasteiger partial charge in [0.05, 0.1) is 29.4 Å². The van der Waals surface area contributed by atoms with Gasteiger partial charge in [-0.3, -0.25) is 14.6 Å². The number of rotatable bonds is 8. The number of fused-ring (bicyclic) bond motifs is 1. The third-order valence-electron chi connectivity index (χ3n) is 8.74. The van der Waals surface area contributed by atoms with Gasteiger partial charge in [-0.15, -0.1) is 0 Å². The first-order valence-corrected chi connectivity index (χ1v) is 17.3. The summed E-state index contributed by atoms with van der Waals surface area (Å²) < 4.78 is 52.0. The highest BCUT2D eigenvalue weighted by Gasteiger charge is 2.33. The van der Waals surface area contributed by atoms with E-state index < -0.39 is 40.8 Å². The zero-order valence-corrected chi connectivity index (χ0v) is 31.0. The Morgan fingerprint density at radius 1 is 1.10 bits per heavy atom. The Morgan fingerprint density at radius 3 is 2.37 bits per heavy atom. The summed E-state index contributed by atoms with van der Waals surface area (Å²) in [6.07, 6.45) is 1.17. The van der Waals surface area contributed by atoms with Crippen LogP contribution in [0.5, 0.6) is 0 Å². The molecule has 1 amide bonds. The number of anilines is 1. The van der Waals surface area contributed by atoms with E-state index in [4.69, 9.17) is 4.74 Å². The van der Waals surface area contributed by atoms with Crippen LogP contribution in [-0.4, -0.2) is 57.9 Å². The predicted octanol–water partition coefficient (Wildman–Crippen LogP) is 7.56. The Kier molecular flexibility index (Phi) is 13.6. The molecule has 1 fully saturated rings. The lowest BCUT2D eigenvalue weighted by Gasteiger charge is -2.38. The maximum atomic E-state index is 15.5. The van der Waals surface area contributed by atoms with Crippen molar-refractivity contribution in [3.8, 4) is 11.1 Å². The number of hydrogen-bond acceptors (Lipinski definition) is 6. The van der Waals surface area contributed by atoms with Gasteiger partial charge in [-0.25, -0.2) is 18.0 Å². The fourth-order valence-corrected chi connectivity index (χ4v) is 6.13. The number of aromatic nitrogens is 2. The van der Waals surface area contributed by atoms with Gasteiger partial charge in [0, 0.05) is 67.1 Å². The molecule has 276 valence electrons. The van der Waals surface area contributed by atoms with E-state index in [9.17, 15) is 28.3 Å². The number of aliphatic carboxylic acids is 1. The van der Waals surface area contributed by atoms with Gasteiger partial charge in [0.15, 0.2) is 0 Å². The molecule has 1 aliphatic heterocycles. The van der Waals surface area contributed by atoms with Crippen LogP contribution in [0.15, 0.2) is 53.5 Å². The number of carbonyl (C=O) groups is 2. The molecule has 1 saturated heterocycles. The summed E-state index contributed by atoms with van der Waals surface area (Å²) in [7, 11) is 1.49. The summed E-state index contributed by atoms with van der Waals surface area (Å²) in [4.78, 5) is 45.5. The number of pyridine rings is 2. The number of ether oxygens (including phenoxy) is 1. The summed E-state index contributed by atoms with van der Waals surface area (Å²) in [5.74, 6) is -6.36. The molecule has 2 N–H and O–H groups in total. The molecule has 0 radical (unpaired) electrons. The molecule has 12 heteroatoms. The van der Waals surface area contributed by atoms with E-state index in [2.05, 4.69) is 10.3 Å². The van der Waals surface area contributed by atoms with Crippen molar-refractivity contribution >= 4 is 28.5 Å². The molecule has 0 unspecified atom stereocenters. The van der Waals surface area contributed by atoms with Crippen molar-refractivity contribution in [2.24, 2.45) is 7.05 Å². The van der Waals surface area contributed by atoms with Crippen molar-refractivity contribution in [1.29, 1.82) is 0 Å². The van der Waals surface area contributed by atoms with Gasteiger partial charge in [-0.05, 0) is 63.1 Å². The Hall–Kier alpha value is -4.71. The SMILES string of the molecule is CC.CC.Cc1cc(N2C[C@@H](C)OC[C@H]2C)cc(F)c1C(=O)N[C@@H](Cc1ccc(-c2c(C(C)(F)F)cc(C)n(C)c2=O)c2ncccc12)C(=O)O. The zero-order valence-electron chi connectivity index (χ0n) is 31.0. The van der Waals surface area contributed by atoms with Crippen LogP contribution < -0.4 is 15.8 Å². The van der Waals surface area contributed by atoms with Crippen LogP contribution in [0.4, 0.5) is 18.9 Å². The van der Waals surface area contributed by atoms with Crippen molar-refractivity contribution in [1.82, 2.24) is 14.9 Å². The van der Waals surface area contributed by atoms with E-state index in [0.717, 1.165) is 6.92 Å². The van der Waals surface area contributed by atoms with Crippen LogP contribution in [0.3, 0.4) is 0 Å². The summed E-state index contributed by atoms with van der Waals surface area (Å²) in [6.45, 7) is 16.8. The van der Waals surface area contributed by atoms with Crippen molar-refractivity contribution in [3.63, 3.8) is 0 Å². The molecule has 4 aromatic rings. The molecule has 2 aromatic carbocycles. The molecular weight excluding hydrogens is 661 g/mol. The highest BCUT2D eigenvalue weighted by Crippen LogP contribution is 2.37. The second-order valence-corrected chi connectivity index (χ2v) is 12.3. The monoisotopic (exact) mass is 710 g/mol. The fourth-order valence-electron chi connectivity index (χ4n) is 6.13. The standard InChI is InChI=1S/C35H37F3N4O5.2C2H6/c1-18-12-23(42-16-21(4)47-17-20(42)3)15-27(36)29(18)32(43)40-28(34(45)46)14-22-9-10-25(31-24(22)8-7-11-39-31)30-26(35(5,37)38)13-19(2)41(6)33(30)44;2*1-2/h7-13,15,20-21,28H,14,16-17H2,1-6H3,(H,40,43)(H,45,46);2*1-2H3/t20-,21-,28+;;/m1../s1. The molecule has 3 atom stereocenters. The number of hydrogen-bond donors (Lipinski definition) is 2. The maximum absolute atomic E-state index is 15.5. The summed E-state index contributed by atoms with van der Waals surface area (Å²) >= 11 is 0. The first-order valence-electron chi connectivity index (χ1n) is 17.3. The molecule has 0 aliphatic carbocycles. The third kappa shape index (κ3) is 8.79. The molecular formula is C39H49F3N4O5. The number of nitrogens with one attached hydrogen (secondary N) is 1. The van der Waals surface area contributed by atoms with Gasteiger partial charge in [0.25, 0.3) is 17.4 Å². The summed E-state index contributed by atoms with van der Waals surface area (Å²) in [5, 5.41) is 13.0. The number of alkyl halides is 2. The van der Waals surface area contributed by atoms with E-state index in [1.807, 2.05) is 46.4 Å². The van der Waals surface area contributed by atoms with E-state index >= 15 is 4.39 Å². The highest BCUT2D eigenvalue weighted by molar-refractivity contribution is 5.99. The van der Waals surface area contributed by atoms with Gasteiger partial charge in [-0.1, -0.05) is 45.9 Å². The number of amides is 1. The predicted molar refractivity (Wildman–Crippen MR) is 195 cm³/mol. The van der Waals surface area contributed by atoms with Crippen LogP contribution in [0, 0.1) is 19.7 Å². The molecule has 2 aromatic heterocycles. The van der Waals surface area contributed by atoms with Gasteiger partial charge in [-0.2, -0.15) is 0 Å². The minimum atomic E-state index is -3.34. The molecule has 0 saturated carbocycles. The molecule has 9 nitrogen and oxygen atoms in total. The number of carbonyl (C=O) groups excluding carboxylic acids is 1. The number of aryl methyl sites for hydroxylation is 2. The lowest BCUT2D eigenvalue weighted by Crippen LogP contribution is -2.47. The Morgan fingerprint density at radius 2 is 1.76 bits per heavy atom. The number of benzene rings is 2. The van der Waals surface area contributed by atoms with E-state index in [0.29, 0.717) is 41.0 Å². The normalized spacial score (nSPS) is 16.4. The van der Waals surface area contributed by atoms with Gasteiger partial charge >= 0.3 is 5.97 Å². The number of halogens is 3. The fraction of sp³-hybridized carbons (Fsp3) is 0.436. The van der Waals surface area contributed by atoms with Crippen molar-refractivity contribution in [3.05, 3.63) is 92.8 Å². The minimum Gasteiger partial charge on any atom is -0.480 e. The Balaban J connectivity index is 0.00000169. The summed E-state index contributed by atoms with van der Waals surface area (Å²) in [6, 6.07) is 8.99. The molecule has 51 heavy (non-hydrogen) atoms. The average molecular weight is 711 g/mol. The van der Waals surface area contributed by atoms with Crippen molar-refractivity contribution in [2.75, 3.05) is 18.1 Å². The van der Waals surface area contributed by atoms with Crippen LogP contribution in [0.25, 0.3) is 22.0 Å². The number of carboxylic acids is 1. The van der Waals surface area contributed by atoms with Crippen LogP contribution in [0.1, 0.15) is 81.2 Å². The van der Waals surface area contributed by atoms with E-state index in [1.54, 1.807) is 32.0 Å². The van der Waals surface area contributed by atoms with Crippen LogP contribution in [-0.2, 0) is 28.9 Å². The quantitative estimate of drug-likeness (QED) is 0.194. The van der Waals surface area contributed by atoms with Gasteiger partial charge < -0.3 is 24.6 Å². The average Bonchev–Trinajstić information content (AvgIpc) is 3.09. The molecule has 3 heterocycles. The van der Waals surface area contributed by atoms with Crippen LogP contribution >= 0.6 is 0 Å². The minimum absolute atomic E-state index is 0.00386. The largest absolute Gasteiger partial charge is 0.480 e. The molecule has 5 rings (SSSR count). The zero-order chi connectivity index (χ0) is 38.4. The molecule has 1 aliphatic rings. The van der Waals surface area contributed by atoms with Gasteiger partial charge in [0.2, 0.25) is 0 Å². The lowest BCUT2D eigenvalue weighted by atomic mass is 9.91. The molecule has 0 bridgehead atoms. The summed E-state index contributed by atoms with van der Waals surface area (Å²) in [5.41, 5.74) is 0.564. The van der Waals surface area contributed by atoms with Crippen molar-refractivity contribution in [2.45, 2.75) is 92.8 Å². The van der Waals surface area contributed by atoms with Crippen LogP contribution in [0.2, 0.25) is 0 Å². The first kappa shape index (κ1) is 40.7. The first-order chi connectivity index (χ1) is 24.1. The lowest BCUT2D eigenvalue weighted by molar-refractivity contribution is -0.139. The maximum Gasteiger partial charge on any atom is 0.326 e. The molecule has 0 spiro atoms. The van der Waals surface area contributed by atoms with Crippen molar-refractivity contribution < 1.29 is 32.6 Å². The highest BCUT2D eigenvalue weighted by atomic mass is 19.3. The van der Waals surface area contributed by atoms with Gasteiger partial charge in [0.1, 0.15) is 11.9 Å². The number of carboxylic acid groups (broad SMARTS) is 1. The second-order valence-electron chi connectivity index (χ2n) is 12.3. The van der Waals surface area contributed by atoms with E-state index in [-0.39, 0.29) is 40.8 Å². The second kappa shape index (κ2) is 17.0. The Bertz CT molecular complexity index is 1920. The third-order valence-corrected chi connectivity index (χ3v) is 8.74. The van der Waals surface area contributed by atoms with E-state index in [1.165, 1.54) is 42.1 Å². The smallest absolute Gasteiger partial charge is 0.326 e. The number of nitrogens with zero attached hydrogens (tertiary/aromatic N) is 3. The number of morpholine rings is 1. The Labute approximate surface area is 297 Å².